The Morgan fingerprint density at radius 3 is 2.85 bits per heavy atom. The van der Waals surface area contributed by atoms with Crippen molar-refractivity contribution < 1.29 is 0 Å². The first kappa shape index (κ1) is 13.6. The van der Waals surface area contributed by atoms with Gasteiger partial charge in [0.05, 0.1) is 17.4 Å². The Hall–Kier alpha value is -1.35. The number of hydrogen-bond acceptors (Lipinski definition) is 2. The standard InChI is InChI=1S/C17H25N3/c1-14-7-9-15(10-8-14)18-11-4-12-20-13-19-16-5-2-3-6-17(16)20/h2-3,5-6,13-15,18H,4,7-12H2,1H3. The molecule has 1 N–H and O–H groups in total. The Labute approximate surface area is 121 Å². The fourth-order valence-electron chi connectivity index (χ4n) is 3.21. The molecule has 20 heavy (non-hydrogen) atoms. The fourth-order valence-corrected chi connectivity index (χ4v) is 3.21. The van der Waals surface area contributed by atoms with E-state index in [0.717, 1.165) is 30.6 Å². The molecular weight excluding hydrogens is 246 g/mol. The molecule has 1 aromatic heterocycles. The maximum Gasteiger partial charge on any atom is 0.0958 e. The van der Waals surface area contributed by atoms with Crippen LogP contribution in [-0.4, -0.2) is 22.1 Å². The predicted octanol–water partition coefficient (Wildman–Crippen LogP) is 3.59. The number of imidazole rings is 1. The predicted molar refractivity (Wildman–Crippen MR) is 83.8 cm³/mol. The fraction of sp³-hybridized carbons (Fsp3) is 0.588. The lowest BCUT2D eigenvalue weighted by molar-refractivity contribution is 0.306. The van der Waals surface area contributed by atoms with Gasteiger partial charge in [-0.1, -0.05) is 19.1 Å². The molecule has 1 aliphatic carbocycles. The minimum Gasteiger partial charge on any atom is -0.331 e. The van der Waals surface area contributed by atoms with Gasteiger partial charge in [0.1, 0.15) is 0 Å². The van der Waals surface area contributed by atoms with E-state index in [1.54, 1.807) is 0 Å². The van der Waals surface area contributed by atoms with Crippen LogP contribution in [0.3, 0.4) is 0 Å². The number of para-hydroxylation sites is 2. The number of aryl methyl sites for hydroxylation is 1. The van der Waals surface area contributed by atoms with Crippen molar-refractivity contribution in [2.45, 2.75) is 51.6 Å². The maximum atomic E-state index is 4.44. The second kappa shape index (κ2) is 6.40. The van der Waals surface area contributed by atoms with Crippen molar-refractivity contribution in [1.82, 2.24) is 14.9 Å². The highest BCUT2D eigenvalue weighted by atomic mass is 15.0. The Morgan fingerprint density at radius 2 is 2.00 bits per heavy atom. The Kier molecular flexibility index (Phi) is 4.36. The van der Waals surface area contributed by atoms with Crippen LogP contribution in [0.1, 0.15) is 39.0 Å². The van der Waals surface area contributed by atoms with Crippen LogP contribution in [0.15, 0.2) is 30.6 Å². The minimum atomic E-state index is 0.755. The molecule has 0 unspecified atom stereocenters. The number of nitrogens with one attached hydrogen (secondary N) is 1. The van der Waals surface area contributed by atoms with E-state index >= 15 is 0 Å². The van der Waals surface area contributed by atoms with Crippen LogP contribution >= 0.6 is 0 Å². The van der Waals surface area contributed by atoms with Crippen LogP contribution in [0.5, 0.6) is 0 Å². The van der Waals surface area contributed by atoms with Gasteiger partial charge in [-0.25, -0.2) is 4.98 Å². The van der Waals surface area contributed by atoms with Crippen molar-refractivity contribution >= 4 is 11.0 Å². The highest BCUT2D eigenvalue weighted by Crippen LogP contribution is 2.23. The number of hydrogen-bond donors (Lipinski definition) is 1. The number of benzene rings is 1. The summed E-state index contributed by atoms with van der Waals surface area (Å²) >= 11 is 0. The van der Waals surface area contributed by atoms with Crippen LogP contribution < -0.4 is 5.32 Å². The monoisotopic (exact) mass is 271 g/mol. The first-order valence-electron chi connectivity index (χ1n) is 7.96. The summed E-state index contributed by atoms with van der Waals surface area (Å²) in [6.45, 7) is 4.54. The van der Waals surface area contributed by atoms with Crippen LogP contribution in [0.25, 0.3) is 11.0 Å². The van der Waals surface area contributed by atoms with E-state index < -0.39 is 0 Å². The number of nitrogens with zero attached hydrogens (tertiary/aromatic N) is 2. The second-order valence-corrected chi connectivity index (χ2v) is 6.19. The number of fused-ring (bicyclic) bond motifs is 1. The van der Waals surface area contributed by atoms with Gasteiger partial charge in [0.25, 0.3) is 0 Å². The zero-order valence-corrected chi connectivity index (χ0v) is 12.4. The third kappa shape index (κ3) is 3.21. The highest BCUT2D eigenvalue weighted by Gasteiger charge is 2.16. The quantitative estimate of drug-likeness (QED) is 0.842. The number of rotatable bonds is 5. The third-order valence-corrected chi connectivity index (χ3v) is 4.55. The third-order valence-electron chi connectivity index (χ3n) is 4.55. The summed E-state index contributed by atoms with van der Waals surface area (Å²) in [6.07, 6.45) is 8.64. The van der Waals surface area contributed by atoms with Crippen LogP contribution in [0.4, 0.5) is 0 Å². The first-order chi connectivity index (χ1) is 9.83. The van der Waals surface area contributed by atoms with Crippen LogP contribution in [-0.2, 0) is 6.54 Å². The van der Waals surface area contributed by atoms with Gasteiger partial charge < -0.3 is 9.88 Å². The maximum absolute atomic E-state index is 4.44. The van der Waals surface area contributed by atoms with Gasteiger partial charge in [-0.15, -0.1) is 0 Å². The Balaban J connectivity index is 1.44. The lowest BCUT2D eigenvalue weighted by atomic mass is 9.87. The van der Waals surface area contributed by atoms with E-state index in [2.05, 4.69) is 40.0 Å². The Bertz CT molecular complexity index is 538. The van der Waals surface area contributed by atoms with Gasteiger partial charge in [-0.05, 0) is 56.7 Å². The van der Waals surface area contributed by atoms with E-state index in [1.165, 1.54) is 37.6 Å². The molecule has 3 nitrogen and oxygen atoms in total. The van der Waals surface area contributed by atoms with Crippen molar-refractivity contribution in [3.05, 3.63) is 30.6 Å². The summed E-state index contributed by atoms with van der Waals surface area (Å²) in [7, 11) is 0. The van der Waals surface area contributed by atoms with Gasteiger partial charge in [-0.2, -0.15) is 0 Å². The van der Waals surface area contributed by atoms with Gasteiger partial charge in [0.15, 0.2) is 0 Å². The minimum absolute atomic E-state index is 0.755. The molecule has 1 aliphatic rings. The molecule has 0 radical (unpaired) electrons. The van der Waals surface area contributed by atoms with E-state index in [-0.39, 0.29) is 0 Å². The molecule has 1 heterocycles. The molecule has 3 rings (SSSR count). The van der Waals surface area contributed by atoms with Crippen LogP contribution in [0, 0.1) is 5.92 Å². The molecule has 2 aromatic rings. The summed E-state index contributed by atoms with van der Waals surface area (Å²) in [5.74, 6) is 0.936. The molecule has 0 atom stereocenters. The van der Waals surface area contributed by atoms with Crippen molar-refractivity contribution in [2.75, 3.05) is 6.54 Å². The Morgan fingerprint density at radius 1 is 1.20 bits per heavy atom. The molecule has 108 valence electrons. The van der Waals surface area contributed by atoms with Crippen LogP contribution in [0.2, 0.25) is 0 Å². The van der Waals surface area contributed by atoms with Gasteiger partial charge in [0, 0.05) is 12.6 Å². The summed E-state index contributed by atoms with van der Waals surface area (Å²) in [5, 5.41) is 3.72. The molecule has 0 bridgehead atoms. The first-order valence-corrected chi connectivity index (χ1v) is 7.96. The average molecular weight is 271 g/mol. The normalized spacial score (nSPS) is 23.2. The molecule has 1 saturated carbocycles. The highest BCUT2D eigenvalue weighted by molar-refractivity contribution is 5.74. The SMILES string of the molecule is CC1CCC(NCCCn2cnc3ccccc32)CC1. The second-order valence-electron chi connectivity index (χ2n) is 6.19. The molecule has 0 saturated heterocycles. The van der Waals surface area contributed by atoms with Gasteiger partial charge in [-0.3, -0.25) is 0 Å². The van der Waals surface area contributed by atoms with E-state index in [0.29, 0.717) is 0 Å². The zero-order chi connectivity index (χ0) is 13.8. The van der Waals surface area contributed by atoms with Crippen molar-refractivity contribution in [2.24, 2.45) is 5.92 Å². The van der Waals surface area contributed by atoms with Crippen molar-refractivity contribution in [1.29, 1.82) is 0 Å². The molecular formula is C17H25N3. The molecule has 0 spiro atoms. The van der Waals surface area contributed by atoms with E-state index in [1.807, 2.05) is 12.4 Å². The summed E-state index contributed by atoms with van der Waals surface area (Å²) in [6, 6.07) is 9.12. The van der Waals surface area contributed by atoms with Gasteiger partial charge in [0.2, 0.25) is 0 Å². The van der Waals surface area contributed by atoms with Crippen molar-refractivity contribution in [3.63, 3.8) is 0 Å². The molecule has 1 fully saturated rings. The average Bonchev–Trinajstić information content (AvgIpc) is 2.89. The smallest absolute Gasteiger partial charge is 0.0958 e. The number of aromatic nitrogens is 2. The molecule has 0 aliphatic heterocycles. The zero-order valence-electron chi connectivity index (χ0n) is 12.4. The molecule has 1 aromatic carbocycles. The summed E-state index contributed by atoms with van der Waals surface area (Å²) in [4.78, 5) is 4.44. The lowest BCUT2D eigenvalue weighted by Crippen LogP contribution is -2.33. The largest absolute Gasteiger partial charge is 0.331 e. The van der Waals surface area contributed by atoms with E-state index in [4.69, 9.17) is 0 Å². The summed E-state index contributed by atoms with van der Waals surface area (Å²) < 4.78 is 2.26. The molecule has 0 amide bonds. The molecule has 3 heteroatoms. The lowest BCUT2D eigenvalue weighted by Gasteiger charge is -2.27. The van der Waals surface area contributed by atoms with E-state index in [9.17, 15) is 0 Å². The van der Waals surface area contributed by atoms with Gasteiger partial charge >= 0.3 is 0 Å². The van der Waals surface area contributed by atoms with Crippen molar-refractivity contribution in [3.8, 4) is 0 Å². The topological polar surface area (TPSA) is 29.9 Å². The summed E-state index contributed by atoms with van der Waals surface area (Å²) in [5.41, 5.74) is 2.35.